The monoisotopic (exact) mass is 227 g/mol. The fraction of sp³-hybridized carbons (Fsp3) is 0.500. The summed E-state index contributed by atoms with van der Waals surface area (Å²) >= 11 is 5.88. The molecule has 0 aliphatic rings. The van der Waals surface area contributed by atoms with Gasteiger partial charge < -0.3 is 10.4 Å². The van der Waals surface area contributed by atoms with E-state index in [0.717, 1.165) is 23.6 Å². The van der Waals surface area contributed by atoms with Gasteiger partial charge in [0, 0.05) is 11.4 Å². The molecule has 0 fully saturated rings. The molecule has 0 aromatic heterocycles. The van der Waals surface area contributed by atoms with Crippen molar-refractivity contribution in [3.8, 4) is 0 Å². The highest BCUT2D eigenvalue weighted by Crippen LogP contribution is 2.19. The minimum absolute atomic E-state index is 0.634. The van der Waals surface area contributed by atoms with Gasteiger partial charge in [-0.3, -0.25) is 0 Å². The third kappa shape index (κ3) is 4.65. The van der Waals surface area contributed by atoms with E-state index in [2.05, 4.69) is 5.32 Å². The average molecular weight is 228 g/mol. The number of hydrogen-bond donors (Lipinski definition) is 2. The van der Waals surface area contributed by atoms with E-state index in [-0.39, 0.29) is 0 Å². The van der Waals surface area contributed by atoms with Crippen molar-refractivity contribution >= 4 is 11.6 Å². The van der Waals surface area contributed by atoms with E-state index in [4.69, 9.17) is 11.6 Å². The Bertz CT molecular complexity index is 312. The number of aliphatic hydroxyl groups is 1. The number of benzene rings is 1. The van der Waals surface area contributed by atoms with Crippen molar-refractivity contribution in [1.82, 2.24) is 5.32 Å². The first-order valence-electron chi connectivity index (χ1n) is 5.15. The van der Waals surface area contributed by atoms with Crippen LogP contribution in [-0.4, -0.2) is 24.3 Å². The highest BCUT2D eigenvalue weighted by molar-refractivity contribution is 6.30. The van der Waals surface area contributed by atoms with Crippen molar-refractivity contribution in [3.05, 3.63) is 34.9 Å². The summed E-state index contributed by atoms with van der Waals surface area (Å²) in [7, 11) is 1.88. The summed E-state index contributed by atoms with van der Waals surface area (Å²) in [5, 5.41) is 13.9. The Morgan fingerprint density at radius 1 is 1.47 bits per heavy atom. The van der Waals surface area contributed by atoms with Gasteiger partial charge in [-0.25, -0.2) is 0 Å². The van der Waals surface area contributed by atoms with Crippen molar-refractivity contribution in [2.45, 2.75) is 25.4 Å². The Morgan fingerprint density at radius 3 is 2.80 bits per heavy atom. The molecule has 2 nitrogen and oxygen atoms in total. The van der Waals surface area contributed by atoms with E-state index in [1.807, 2.05) is 38.2 Å². The molecule has 1 atom stereocenters. The van der Waals surface area contributed by atoms with Crippen LogP contribution in [0, 0.1) is 0 Å². The number of hydrogen-bond acceptors (Lipinski definition) is 2. The van der Waals surface area contributed by atoms with Crippen LogP contribution in [0.4, 0.5) is 0 Å². The van der Waals surface area contributed by atoms with Gasteiger partial charge in [-0.2, -0.15) is 0 Å². The van der Waals surface area contributed by atoms with E-state index in [0.29, 0.717) is 6.42 Å². The van der Waals surface area contributed by atoms with Crippen molar-refractivity contribution in [2.24, 2.45) is 0 Å². The molecular formula is C12H18ClNO. The molecule has 1 aromatic rings. The normalized spacial score (nSPS) is 14.9. The molecule has 0 amide bonds. The maximum Gasteiger partial charge on any atom is 0.0672 e. The Balaban J connectivity index is 2.60. The van der Waals surface area contributed by atoms with Crippen molar-refractivity contribution < 1.29 is 5.11 Å². The lowest BCUT2D eigenvalue weighted by atomic mass is 9.93. The highest BCUT2D eigenvalue weighted by Gasteiger charge is 2.19. The Morgan fingerprint density at radius 2 is 2.20 bits per heavy atom. The first-order valence-corrected chi connectivity index (χ1v) is 5.53. The van der Waals surface area contributed by atoms with E-state index in [1.165, 1.54) is 0 Å². The van der Waals surface area contributed by atoms with E-state index >= 15 is 0 Å². The molecule has 0 saturated heterocycles. The molecule has 0 aliphatic heterocycles. The van der Waals surface area contributed by atoms with E-state index < -0.39 is 5.60 Å². The van der Waals surface area contributed by atoms with Gasteiger partial charge in [0.2, 0.25) is 0 Å². The lowest BCUT2D eigenvalue weighted by Crippen LogP contribution is -2.31. The van der Waals surface area contributed by atoms with Crippen molar-refractivity contribution in [3.63, 3.8) is 0 Å². The van der Waals surface area contributed by atoms with Gasteiger partial charge in [-0.1, -0.05) is 23.7 Å². The summed E-state index contributed by atoms with van der Waals surface area (Å²) in [6.45, 7) is 2.67. The van der Waals surface area contributed by atoms with Gasteiger partial charge in [0.1, 0.15) is 0 Å². The minimum atomic E-state index is -0.673. The fourth-order valence-corrected chi connectivity index (χ4v) is 1.78. The fourth-order valence-electron chi connectivity index (χ4n) is 1.57. The van der Waals surface area contributed by atoms with Gasteiger partial charge in [0.25, 0.3) is 0 Å². The molecule has 0 saturated carbocycles. The summed E-state index contributed by atoms with van der Waals surface area (Å²) < 4.78 is 0. The Labute approximate surface area is 96.3 Å². The topological polar surface area (TPSA) is 32.3 Å². The van der Waals surface area contributed by atoms with Gasteiger partial charge in [0.05, 0.1) is 5.60 Å². The molecule has 0 aliphatic carbocycles. The van der Waals surface area contributed by atoms with Gasteiger partial charge >= 0.3 is 0 Å². The minimum Gasteiger partial charge on any atom is -0.390 e. The summed E-state index contributed by atoms with van der Waals surface area (Å²) in [5.74, 6) is 0. The molecule has 15 heavy (non-hydrogen) atoms. The largest absolute Gasteiger partial charge is 0.390 e. The molecule has 0 bridgehead atoms. The summed E-state index contributed by atoms with van der Waals surface area (Å²) in [6, 6.07) is 7.63. The molecule has 1 rings (SSSR count). The summed E-state index contributed by atoms with van der Waals surface area (Å²) in [6.07, 6.45) is 1.37. The molecule has 0 radical (unpaired) electrons. The maximum atomic E-state index is 10.1. The number of rotatable bonds is 5. The molecule has 1 aromatic carbocycles. The van der Waals surface area contributed by atoms with Crippen LogP contribution in [0.2, 0.25) is 5.02 Å². The highest BCUT2D eigenvalue weighted by atomic mass is 35.5. The second-order valence-electron chi connectivity index (χ2n) is 4.16. The first kappa shape index (κ1) is 12.5. The standard InChI is InChI=1S/C12H18ClNO/c1-12(15,6-7-14-2)9-10-4-3-5-11(13)8-10/h3-5,8,14-15H,6-7,9H2,1-2H3. The zero-order valence-electron chi connectivity index (χ0n) is 9.26. The molecule has 3 heteroatoms. The predicted octanol–water partition coefficient (Wildman–Crippen LogP) is 2.24. The molecule has 1 unspecified atom stereocenters. The zero-order valence-corrected chi connectivity index (χ0v) is 10.0. The van der Waals surface area contributed by atoms with Gasteiger partial charge in [0.15, 0.2) is 0 Å². The van der Waals surface area contributed by atoms with Crippen LogP contribution in [0.5, 0.6) is 0 Å². The van der Waals surface area contributed by atoms with Crippen LogP contribution in [0.15, 0.2) is 24.3 Å². The van der Waals surface area contributed by atoms with Crippen molar-refractivity contribution in [2.75, 3.05) is 13.6 Å². The number of halogens is 1. The van der Waals surface area contributed by atoms with Crippen LogP contribution in [0.1, 0.15) is 18.9 Å². The second kappa shape index (κ2) is 5.50. The van der Waals surface area contributed by atoms with Crippen LogP contribution in [0.3, 0.4) is 0 Å². The smallest absolute Gasteiger partial charge is 0.0672 e. The van der Waals surface area contributed by atoms with Gasteiger partial charge in [-0.05, 0) is 44.6 Å². The third-order valence-electron chi connectivity index (χ3n) is 2.39. The van der Waals surface area contributed by atoms with Crippen LogP contribution >= 0.6 is 11.6 Å². The van der Waals surface area contributed by atoms with E-state index in [1.54, 1.807) is 0 Å². The molecule has 0 heterocycles. The molecule has 0 spiro atoms. The second-order valence-corrected chi connectivity index (χ2v) is 4.59. The Hall–Kier alpha value is -0.570. The van der Waals surface area contributed by atoms with Gasteiger partial charge in [-0.15, -0.1) is 0 Å². The molecule has 2 N–H and O–H groups in total. The van der Waals surface area contributed by atoms with Crippen LogP contribution in [-0.2, 0) is 6.42 Å². The first-order chi connectivity index (χ1) is 7.03. The number of nitrogens with one attached hydrogen (secondary N) is 1. The lowest BCUT2D eigenvalue weighted by Gasteiger charge is -2.23. The summed E-state index contributed by atoms with van der Waals surface area (Å²) in [4.78, 5) is 0. The van der Waals surface area contributed by atoms with Crippen molar-refractivity contribution in [1.29, 1.82) is 0 Å². The average Bonchev–Trinajstić information content (AvgIpc) is 2.14. The maximum absolute atomic E-state index is 10.1. The lowest BCUT2D eigenvalue weighted by molar-refractivity contribution is 0.0520. The van der Waals surface area contributed by atoms with Crippen LogP contribution < -0.4 is 5.32 Å². The van der Waals surface area contributed by atoms with E-state index in [9.17, 15) is 5.11 Å². The Kier molecular flexibility index (Phi) is 4.58. The third-order valence-corrected chi connectivity index (χ3v) is 2.62. The zero-order chi connectivity index (χ0) is 11.3. The van der Waals surface area contributed by atoms with Crippen LogP contribution in [0.25, 0.3) is 0 Å². The quantitative estimate of drug-likeness (QED) is 0.809. The predicted molar refractivity (Wildman–Crippen MR) is 64.3 cm³/mol. The molecular weight excluding hydrogens is 210 g/mol. The SMILES string of the molecule is CNCCC(C)(O)Cc1cccc(Cl)c1. The summed E-state index contributed by atoms with van der Waals surface area (Å²) in [5.41, 5.74) is 0.400. The molecule has 84 valence electrons.